The van der Waals surface area contributed by atoms with Crippen LogP contribution < -0.4 is 0 Å². The van der Waals surface area contributed by atoms with E-state index in [-0.39, 0.29) is 57.5 Å². The molecule has 1 aliphatic rings. The predicted octanol–water partition coefficient (Wildman–Crippen LogP) is 10.7. The number of phenolic OH excluding ortho intramolecular Hbond substituents is 4. The van der Waals surface area contributed by atoms with Crippen LogP contribution >= 0.6 is 0 Å². The molecule has 4 N–H and O–H groups in total. The molecular formula is C46H60O6. The van der Waals surface area contributed by atoms with E-state index in [9.17, 15) is 20.4 Å². The number of hydrogen-bond acceptors (Lipinski definition) is 6. The highest BCUT2D eigenvalue weighted by molar-refractivity contribution is 5.60. The van der Waals surface area contributed by atoms with Gasteiger partial charge in [0.1, 0.15) is 35.2 Å². The van der Waals surface area contributed by atoms with Crippen LogP contribution in [0.5, 0.6) is 23.0 Å². The Kier molecular flexibility index (Phi) is 10.1. The molecule has 6 nitrogen and oxygen atoms in total. The minimum atomic E-state index is -0.817. The summed E-state index contributed by atoms with van der Waals surface area (Å²) in [6, 6.07) is 15.9. The first kappa shape index (κ1) is 39.2. The van der Waals surface area contributed by atoms with Crippen molar-refractivity contribution in [2.45, 2.75) is 130 Å². The Morgan fingerprint density at radius 2 is 0.577 bits per heavy atom. The molecule has 0 heterocycles. The number of ether oxygens (including phenoxy) is 2. The summed E-state index contributed by atoms with van der Waals surface area (Å²) in [5.41, 5.74) is 7.44. The summed E-state index contributed by atoms with van der Waals surface area (Å²) in [5, 5.41) is 48.8. The number of phenols is 4. The normalized spacial score (nSPS) is 17.0. The first-order valence-corrected chi connectivity index (χ1v) is 18.4. The van der Waals surface area contributed by atoms with Crippen LogP contribution in [0.2, 0.25) is 0 Å². The molecule has 0 saturated heterocycles. The number of aromatic hydroxyl groups is 4. The highest BCUT2D eigenvalue weighted by Crippen LogP contribution is 2.48. The van der Waals surface area contributed by atoms with Crippen LogP contribution in [0, 0.1) is 0 Å². The summed E-state index contributed by atoms with van der Waals surface area (Å²) in [6.07, 6.45) is -1.20. The summed E-state index contributed by atoms with van der Waals surface area (Å²) < 4.78 is 12.5. The lowest BCUT2D eigenvalue weighted by Gasteiger charge is -2.30. The van der Waals surface area contributed by atoms with Crippen molar-refractivity contribution in [3.63, 3.8) is 0 Å². The Morgan fingerprint density at radius 3 is 0.731 bits per heavy atom. The van der Waals surface area contributed by atoms with Gasteiger partial charge in [0.05, 0.1) is 0 Å². The Hall–Kier alpha value is -4.00. The molecule has 0 spiro atoms. The average molecular weight is 709 g/mol. The molecule has 0 fully saturated rings. The van der Waals surface area contributed by atoms with Crippen molar-refractivity contribution in [2.75, 3.05) is 14.2 Å². The van der Waals surface area contributed by atoms with Gasteiger partial charge in [-0.1, -0.05) is 107 Å². The maximum Gasteiger partial charge on any atom is 0.125 e. The van der Waals surface area contributed by atoms with Gasteiger partial charge in [-0.2, -0.15) is 0 Å². The first-order chi connectivity index (χ1) is 23.9. The lowest BCUT2D eigenvalue weighted by molar-refractivity contribution is 0.130. The second-order valence-corrected chi connectivity index (χ2v) is 18.9. The Morgan fingerprint density at radius 1 is 0.385 bits per heavy atom. The maximum atomic E-state index is 12.2. The number of methoxy groups -OCH3 is 2. The van der Waals surface area contributed by atoms with E-state index in [1.165, 1.54) is 0 Å². The SMILES string of the molecule is COC1c2cc(C(C)(C)C)cc(c2O)Cc2cc(C(C)(C)C)cc(c2O)C(OC)c2cc(C(C)(C)C)cc(c2O)Cc2cc(C(C)(C)C)cc1c2O. The third-order valence-electron chi connectivity index (χ3n) is 10.7. The van der Waals surface area contributed by atoms with Crippen molar-refractivity contribution in [1.82, 2.24) is 0 Å². The number of hydrogen-bond donors (Lipinski definition) is 4. The van der Waals surface area contributed by atoms with Crippen molar-refractivity contribution < 1.29 is 29.9 Å². The fourth-order valence-corrected chi connectivity index (χ4v) is 7.20. The topological polar surface area (TPSA) is 99.4 Å². The average Bonchev–Trinajstić information content (AvgIpc) is 3.01. The van der Waals surface area contributed by atoms with Crippen molar-refractivity contribution >= 4 is 0 Å². The molecule has 0 unspecified atom stereocenters. The van der Waals surface area contributed by atoms with E-state index >= 15 is 0 Å². The minimum absolute atomic E-state index is 0.0529. The molecule has 4 aromatic carbocycles. The second-order valence-electron chi connectivity index (χ2n) is 18.9. The van der Waals surface area contributed by atoms with Gasteiger partial charge in [-0.3, -0.25) is 0 Å². The highest BCUT2D eigenvalue weighted by atomic mass is 16.5. The molecule has 0 saturated carbocycles. The smallest absolute Gasteiger partial charge is 0.125 e. The van der Waals surface area contributed by atoms with E-state index in [0.717, 1.165) is 22.3 Å². The van der Waals surface area contributed by atoms with E-state index in [0.29, 0.717) is 44.5 Å². The van der Waals surface area contributed by atoms with Crippen molar-refractivity contribution in [3.8, 4) is 23.0 Å². The molecule has 0 radical (unpaired) electrons. The molecule has 0 aliphatic heterocycles. The number of benzene rings is 4. The van der Waals surface area contributed by atoms with Crippen LogP contribution in [0.1, 0.15) is 162 Å². The largest absolute Gasteiger partial charge is 0.507 e. The first-order valence-electron chi connectivity index (χ1n) is 18.4. The second kappa shape index (κ2) is 13.4. The van der Waals surface area contributed by atoms with E-state index in [1.54, 1.807) is 14.2 Å². The van der Waals surface area contributed by atoms with Crippen LogP contribution in [0.4, 0.5) is 0 Å². The molecule has 1 aliphatic carbocycles. The Balaban J connectivity index is 2.00. The van der Waals surface area contributed by atoms with E-state index in [4.69, 9.17) is 9.47 Å². The van der Waals surface area contributed by atoms with E-state index in [1.807, 2.05) is 48.5 Å². The van der Waals surface area contributed by atoms with Crippen molar-refractivity contribution in [1.29, 1.82) is 0 Å². The molecule has 0 amide bonds. The predicted molar refractivity (Wildman–Crippen MR) is 211 cm³/mol. The fraction of sp³-hybridized carbons (Fsp3) is 0.478. The lowest BCUT2D eigenvalue weighted by atomic mass is 9.78. The molecule has 4 aromatic rings. The van der Waals surface area contributed by atoms with Gasteiger partial charge in [-0.25, -0.2) is 0 Å². The molecule has 0 aromatic heterocycles. The summed E-state index contributed by atoms with van der Waals surface area (Å²) in [7, 11) is 3.19. The quantitative estimate of drug-likeness (QED) is 0.165. The van der Waals surface area contributed by atoms with Gasteiger partial charge in [0, 0.05) is 49.3 Å². The maximum absolute atomic E-state index is 12.2. The van der Waals surface area contributed by atoms with Crippen LogP contribution in [-0.2, 0) is 44.0 Å². The number of fused-ring (bicyclic) bond motifs is 8. The molecule has 52 heavy (non-hydrogen) atoms. The van der Waals surface area contributed by atoms with E-state index < -0.39 is 12.2 Å². The zero-order chi connectivity index (χ0) is 38.9. The number of rotatable bonds is 2. The highest BCUT2D eigenvalue weighted by Gasteiger charge is 2.33. The van der Waals surface area contributed by atoms with Gasteiger partial charge in [0.15, 0.2) is 0 Å². The van der Waals surface area contributed by atoms with Gasteiger partial charge >= 0.3 is 0 Å². The van der Waals surface area contributed by atoms with Crippen molar-refractivity contribution in [3.05, 3.63) is 115 Å². The molecule has 280 valence electrons. The Bertz CT molecular complexity index is 1710. The molecule has 0 atom stereocenters. The zero-order valence-electron chi connectivity index (χ0n) is 33.8. The lowest BCUT2D eigenvalue weighted by Crippen LogP contribution is -2.18. The summed E-state index contributed by atoms with van der Waals surface area (Å²) in [6.45, 7) is 25.5. The van der Waals surface area contributed by atoms with Gasteiger partial charge in [0.2, 0.25) is 0 Å². The monoisotopic (exact) mass is 708 g/mol. The van der Waals surface area contributed by atoms with E-state index in [2.05, 4.69) is 83.1 Å². The molecular weight excluding hydrogens is 649 g/mol. The molecule has 6 heteroatoms. The zero-order valence-corrected chi connectivity index (χ0v) is 33.8. The minimum Gasteiger partial charge on any atom is -0.507 e. The molecule has 5 rings (SSSR count). The van der Waals surface area contributed by atoms with Gasteiger partial charge in [0.25, 0.3) is 0 Å². The van der Waals surface area contributed by atoms with Crippen LogP contribution in [0.25, 0.3) is 0 Å². The summed E-state index contributed by atoms with van der Waals surface area (Å²) in [5.74, 6) is 0.212. The van der Waals surface area contributed by atoms with Crippen molar-refractivity contribution in [2.24, 2.45) is 0 Å². The third-order valence-corrected chi connectivity index (χ3v) is 10.7. The van der Waals surface area contributed by atoms with Crippen LogP contribution in [0.3, 0.4) is 0 Å². The summed E-state index contributed by atoms with van der Waals surface area (Å²) >= 11 is 0. The third kappa shape index (κ3) is 7.43. The summed E-state index contributed by atoms with van der Waals surface area (Å²) in [4.78, 5) is 0. The van der Waals surface area contributed by atoms with Gasteiger partial charge in [-0.15, -0.1) is 0 Å². The Labute approximate surface area is 311 Å². The van der Waals surface area contributed by atoms with Gasteiger partial charge in [-0.05, 0) is 90.4 Å². The van der Waals surface area contributed by atoms with Gasteiger partial charge < -0.3 is 29.9 Å². The van der Waals surface area contributed by atoms with Crippen LogP contribution in [0.15, 0.2) is 48.5 Å². The standard InChI is InChI=1S/C46H60O6/c1-43(2,3)29-17-25-15-26-18-30(44(4,5)6)23-35(38(26)48)42(52-14)36-24-32(46(10,11)12)20-28(40(36)50)16-27-19-31(45(7,8)9)22-34(39(27)49)41(51-13)33(21-29)37(25)47/h17-24,41-42,47-50H,15-16H2,1-14H3. The van der Waals surface area contributed by atoms with Crippen LogP contribution in [-0.4, -0.2) is 34.6 Å². The molecule has 8 bridgehead atoms. The fourth-order valence-electron chi connectivity index (χ4n) is 7.20.